The van der Waals surface area contributed by atoms with Gasteiger partial charge in [0.2, 0.25) is 0 Å². The molecule has 0 aromatic heterocycles. The van der Waals surface area contributed by atoms with Crippen molar-refractivity contribution in [2.24, 2.45) is 16.7 Å². The molecule has 1 N–H and O–H groups in total. The molecule has 0 spiro atoms. The van der Waals surface area contributed by atoms with Crippen LogP contribution in [0.2, 0.25) is 0 Å². The van der Waals surface area contributed by atoms with Crippen LogP contribution in [-0.2, 0) is 6.42 Å². The van der Waals surface area contributed by atoms with Crippen molar-refractivity contribution in [1.82, 2.24) is 0 Å². The Bertz CT molecular complexity index is 433. The van der Waals surface area contributed by atoms with Crippen molar-refractivity contribution < 1.29 is 5.11 Å². The molecule has 0 unspecified atom stereocenters. The SMILES string of the molecule is Cc1cccc(CC2(CO)CCC(C(C)(C)C)CC2)c1. The summed E-state index contributed by atoms with van der Waals surface area (Å²) in [6, 6.07) is 8.76. The van der Waals surface area contributed by atoms with E-state index < -0.39 is 0 Å². The van der Waals surface area contributed by atoms with Gasteiger partial charge in [0.15, 0.2) is 0 Å². The summed E-state index contributed by atoms with van der Waals surface area (Å²) < 4.78 is 0. The van der Waals surface area contributed by atoms with E-state index >= 15 is 0 Å². The van der Waals surface area contributed by atoms with Gasteiger partial charge in [-0.3, -0.25) is 0 Å². The van der Waals surface area contributed by atoms with Crippen LogP contribution >= 0.6 is 0 Å². The van der Waals surface area contributed by atoms with Crippen LogP contribution in [0.3, 0.4) is 0 Å². The molecule has 1 aromatic rings. The second kappa shape index (κ2) is 5.89. The summed E-state index contributed by atoms with van der Waals surface area (Å²) in [5.41, 5.74) is 3.23. The minimum Gasteiger partial charge on any atom is -0.396 e. The average Bonchev–Trinajstić information content (AvgIpc) is 2.38. The van der Waals surface area contributed by atoms with Gasteiger partial charge in [-0.05, 0) is 61.3 Å². The first-order valence-electron chi connectivity index (χ1n) is 8.01. The molecule has 112 valence electrons. The highest BCUT2D eigenvalue weighted by molar-refractivity contribution is 5.23. The minimum absolute atomic E-state index is 0.121. The summed E-state index contributed by atoms with van der Waals surface area (Å²) in [7, 11) is 0. The topological polar surface area (TPSA) is 20.2 Å². The van der Waals surface area contributed by atoms with E-state index in [0.29, 0.717) is 12.0 Å². The van der Waals surface area contributed by atoms with Gasteiger partial charge in [-0.2, -0.15) is 0 Å². The monoisotopic (exact) mass is 274 g/mol. The molecule has 0 bridgehead atoms. The number of benzene rings is 1. The van der Waals surface area contributed by atoms with E-state index in [0.717, 1.165) is 12.3 Å². The van der Waals surface area contributed by atoms with Gasteiger partial charge in [0.05, 0.1) is 0 Å². The first-order chi connectivity index (χ1) is 9.35. The van der Waals surface area contributed by atoms with E-state index in [2.05, 4.69) is 52.0 Å². The maximum absolute atomic E-state index is 9.96. The molecular formula is C19H30O. The Kier molecular flexibility index (Phi) is 4.59. The molecule has 1 aliphatic carbocycles. The lowest BCUT2D eigenvalue weighted by atomic mass is 9.62. The van der Waals surface area contributed by atoms with Crippen LogP contribution in [0.5, 0.6) is 0 Å². The Morgan fingerprint density at radius 3 is 2.35 bits per heavy atom. The summed E-state index contributed by atoms with van der Waals surface area (Å²) in [5.74, 6) is 0.805. The minimum atomic E-state index is 0.121. The molecule has 2 rings (SSSR count). The number of rotatable bonds is 3. The summed E-state index contributed by atoms with van der Waals surface area (Å²) in [4.78, 5) is 0. The lowest BCUT2D eigenvalue weighted by Gasteiger charge is -2.43. The maximum Gasteiger partial charge on any atom is 0.0490 e. The van der Waals surface area contributed by atoms with Gasteiger partial charge in [-0.15, -0.1) is 0 Å². The number of aliphatic hydroxyl groups excluding tert-OH is 1. The zero-order valence-corrected chi connectivity index (χ0v) is 13.6. The van der Waals surface area contributed by atoms with Gasteiger partial charge in [-0.1, -0.05) is 50.6 Å². The molecule has 1 saturated carbocycles. The van der Waals surface area contributed by atoms with E-state index in [1.165, 1.54) is 36.8 Å². The Morgan fingerprint density at radius 1 is 1.20 bits per heavy atom. The van der Waals surface area contributed by atoms with E-state index in [9.17, 15) is 5.11 Å². The van der Waals surface area contributed by atoms with Crippen LogP contribution in [-0.4, -0.2) is 11.7 Å². The van der Waals surface area contributed by atoms with Crippen molar-refractivity contribution in [2.45, 2.75) is 59.8 Å². The predicted octanol–water partition coefficient (Wildman–Crippen LogP) is 4.75. The molecule has 1 nitrogen and oxygen atoms in total. The molecule has 0 amide bonds. The predicted molar refractivity (Wildman–Crippen MR) is 85.8 cm³/mol. The van der Waals surface area contributed by atoms with Gasteiger partial charge in [-0.25, -0.2) is 0 Å². The molecule has 1 aliphatic rings. The van der Waals surface area contributed by atoms with Crippen molar-refractivity contribution in [2.75, 3.05) is 6.61 Å². The van der Waals surface area contributed by atoms with Crippen LogP contribution in [0.15, 0.2) is 24.3 Å². The first kappa shape index (κ1) is 15.6. The van der Waals surface area contributed by atoms with E-state index in [-0.39, 0.29) is 5.41 Å². The summed E-state index contributed by atoms with van der Waals surface area (Å²) >= 11 is 0. The van der Waals surface area contributed by atoms with Gasteiger partial charge in [0.25, 0.3) is 0 Å². The fraction of sp³-hybridized carbons (Fsp3) is 0.684. The third-order valence-electron chi connectivity index (χ3n) is 5.27. The number of hydrogen-bond acceptors (Lipinski definition) is 1. The smallest absolute Gasteiger partial charge is 0.0490 e. The van der Waals surface area contributed by atoms with E-state index in [1.807, 2.05) is 0 Å². The Labute approximate surface area is 124 Å². The van der Waals surface area contributed by atoms with Crippen molar-refractivity contribution in [3.8, 4) is 0 Å². The average molecular weight is 274 g/mol. The van der Waals surface area contributed by atoms with Crippen LogP contribution in [0, 0.1) is 23.7 Å². The Hall–Kier alpha value is -0.820. The van der Waals surface area contributed by atoms with Gasteiger partial charge in [0, 0.05) is 6.61 Å². The zero-order valence-electron chi connectivity index (χ0n) is 13.6. The van der Waals surface area contributed by atoms with Crippen LogP contribution in [0.4, 0.5) is 0 Å². The first-order valence-corrected chi connectivity index (χ1v) is 8.01. The highest BCUT2D eigenvalue weighted by Crippen LogP contribution is 2.46. The molecule has 0 saturated heterocycles. The summed E-state index contributed by atoms with van der Waals surface area (Å²) in [6.45, 7) is 9.53. The maximum atomic E-state index is 9.96. The normalized spacial score (nSPS) is 27.6. The summed E-state index contributed by atoms with van der Waals surface area (Å²) in [6.07, 6.45) is 5.88. The quantitative estimate of drug-likeness (QED) is 0.843. The highest BCUT2D eigenvalue weighted by atomic mass is 16.3. The molecule has 0 heterocycles. The molecule has 20 heavy (non-hydrogen) atoms. The number of aliphatic hydroxyl groups is 1. The third kappa shape index (κ3) is 3.63. The van der Waals surface area contributed by atoms with Gasteiger partial charge >= 0.3 is 0 Å². The molecule has 1 fully saturated rings. The molecule has 1 aromatic carbocycles. The second-order valence-electron chi connectivity index (χ2n) is 7.96. The largest absolute Gasteiger partial charge is 0.396 e. The lowest BCUT2D eigenvalue weighted by Crippen LogP contribution is -2.36. The second-order valence-corrected chi connectivity index (χ2v) is 7.96. The fourth-order valence-electron chi connectivity index (χ4n) is 3.74. The molecule has 0 aliphatic heterocycles. The lowest BCUT2D eigenvalue weighted by molar-refractivity contribution is 0.0369. The van der Waals surface area contributed by atoms with Gasteiger partial charge in [0.1, 0.15) is 0 Å². The van der Waals surface area contributed by atoms with Crippen LogP contribution in [0.1, 0.15) is 57.6 Å². The molecular weight excluding hydrogens is 244 g/mol. The third-order valence-corrected chi connectivity index (χ3v) is 5.27. The summed E-state index contributed by atoms with van der Waals surface area (Å²) in [5, 5.41) is 9.96. The van der Waals surface area contributed by atoms with Crippen molar-refractivity contribution in [3.05, 3.63) is 35.4 Å². The van der Waals surface area contributed by atoms with Crippen molar-refractivity contribution in [3.63, 3.8) is 0 Å². The van der Waals surface area contributed by atoms with Crippen LogP contribution in [0.25, 0.3) is 0 Å². The Morgan fingerprint density at radius 2 is 1.85 bits per heavy atom. The van der Waals surface area contributed by atoms with Crippen LogP contribution < -0.4 is 0 Å². The standard InChI is InChI=1S/C19H30O/c1-15-6-5-7-16(12-15)13-19(14-20)10-8-17(9-11-19)18(2,3)4/h5-7,12,17,20H,8-11,13-14H2,1-4H3. The number of hydrogen-bond donors (Lipinski definition) is 1. The fourth-order valence-corrected chi connectivity index (χ4v) is 3.74. The molecule has 0 atom stereocenters. The number of aryl methyl sites for hydroxylation is 1. The van der Waals surface area contributed by atoms with E-state index in [1.54, 1.807) is 0 Å². The zero-order chi connectivity index (χ0) is 14.8. The van der Waals surface area contributed by atoms with Crippen molar-refractivity contribution in [1.29, 1.82) is 0 Å². The van der Waals surface area contributed by atoms with E-state index in [4.69, 9.17) is 0 Å². The Balaban J connectivity index is 2.05. The molecule has 0 radical (unpaired) electrons. The van der Waals surface area contributed by atoms with Gasteiger partial charge < -0.3 is 5.11 Å². The molecule has 1 heteroatoms. The highest BCUT2D eigenvalue weighted by Gasteiger charge is 2.38. The van der Waals surface area contributed by atoms with Crippen molar-refractivity contribution >= 4 is 0 Å².